The van der Waals surface area contributed by atoms with Gasteiger partial charge in [0, 0.05) is 38.3 Å². The summed E-state index contributed by atoms with van der Waals surface area (Å²) in [6.45, 7) is 3.76. The van der Waals surface area contributed by atoms with Gasteiger partial charge in [-0.25, -0.2) is 13.8 Å². The monoisotopic (exact) mass is 525 g/mol. The highest BCUT2D eigenvalue weighted by Crippen LogP contribution is 2.32. The maximum absolute atomic E-state index is 14.2. The predicted molar refractivity (Wildman–Crippen MR) is 135 cm³/mol. The fraction of sp³-hybridized carbons (Fsp3) is 0.333. The van der Waals surface area contributed by atoms with Gasteiger partial charge in [-0.2, -0.15) is 0 Å². The summed E-state index contributed by atoms with van der Waals surface area (Å²) in [5.41, 5.74) is 0.797. The zero-order valence-electron chi connectivity index (χ0n) is 19.3. The van der Waals surface area contributed by atoms with E-state index in [9.17, 15) is 13.6 Å². The van der Waals surface area contributed by atoms with Crippen LogP contribution in [0.3, 0.4) is 0 Å². The maximum atomic E-state index is 14.2. The first-order chi connectivity index (χ1) is 16.5. The van der Waals surface area contributed by atoms with Crippen LogP contribution in [-0.4, -0.2) is 69.4 Å². The van der Waals surface area contributed by atoms with Crippen molar-refractivity contribution in [1.82, 2.24) is 9.88 Å². The molecule has 1 aliphatic rings. The number of fused-ring (bicyclic) bond motifs is 1. The predicted octanol–water partition coefficient (Wildman–Crippen LogP) is 4.39. The van der Waals surface area contributed by atoms with Crippen LogP contribution in [0.1, 0.15) is 5.56 Å². The van der Waals surface area contributed by atoms with E-state index in [2.05, 4.69) is 9.88 Å². The van der Waals surface area contributed by atoms with Gasteiger partial charge in [0.05, 0.1) is 32.1 Å². The fourth-order valence-electron chi connectivity index (χ4n) is 3.64. The molecule has 0 aliphatic carbocycles. The number of anilines is 1. The second-order valence-electron chi connectivity index (χ2n) is 7.62. The van der Waals surface area contributed by atoms with Gasteiger partial charge in [-0.3, -0.25) is 14.6 Å². The lowest BCUT2D eigenvalue weighted by Gasteiger charge is -2.28. The van der Waals surface area contributed by atoms with Crippen molar-refractivity contribution >= 4 is 51.1 Å². The molecule has 0 unspecified atom stereocenters. The van der Waals surface area contributed by atoms with Crippen LogP contribution in [0.15, 0.2) is 36.4 Å². The molecule has 0 spiro atoms. The molecule has 0 atom stereocenters. The lowest BCUT2D eigenvalue weighted by molar-refractivity contribution is -0.114. The fourth-order valence-corrected chi connectivity index (χ4v) is 4.68. The van der Waals surface area contributed by atoms with Crippen LogP contribution in [0.2, 0.25) is 0 Å². The average Bonchev–Trinajstić information content (AvgIpc) is 3.27. The average molecular weight is 526 g/mol. The first-order valence-electron chi connectivity index (χ1n) is 10.8. The largest absolute Gasteiger partial charge is 0.493 e. The van der Waals surface area contributed by atoms with Gasteiger partial charge >= 0.3 is 0 Å². The highest BCUT2D eigenvalue weighted by Gasteiger charge is 2.21. The molecule has 11 heteroatoms. The molecule has 1 saturated heterocycles. The van der Waals surface area contributed by atoms with Crippen molar-refractivity contribution in [2.75, 3.05) is 58.5 Å². The number of ether oxygens (including phenoxy) is 3. The van der Waals surface area contributed by atoms with E-state index >= 15 is 0 Å². The molecule has 1 fully saturated rings. The van der Waals surface area contributed by atoms with E-state index in [-0.39, 0.29) is 23.8 Å². The summed E-state index contributed by atoms with van der Waals surface area (Å²) in [5.74, 6) is -0.617. The van der Waals surface area contributed by atoms with Crippen molar-refractivity contribution in [2.45, 2.75) is 0 Å². The number of amides is 1. The van der Waals surface area contributed by atoms with E-state index in [1.807, 2.05) is 0 Å². The number of methoxy groups -OCH3 is 2. The van der Waals surface area contributed by atoms with Crippen LogP contribution in [0.5, 0.6) is 11.5 Å². The summed E-state index contributed by atoms with van der Waals surface area (Å²) in [4.78, 5) is 21.2. The minimum Gasteiger partial charge on any atom is -0.493 e. The lowest BCUT2D eigenvalue weighted by Crippen LogP contribution is -2.42. The van der Waals surface area contributed by atoms with E-state index in [0.717, 1.165) is 36.1 Å². The number of morpholine rings is 1. The molecule has 2 heterocycles. The number of benzene rings is 2. The number of nitrogens with zero attached hydrogens (tertiary/aromatic N) is 3. The standard InChI is InChI=1S/C24H25F2N3O4S.ClH/c1-31-19-5-3-16(13-20(19)32-2)4-6-22(30)29(8-7-28-9-11-33-12-10-28)24-27-23-18(26)14-17(25)15-21(23)34-24;/h3-6,13-15H,7-12H2,1-2H3;1H/b6-4+;. The van der Waals surface area contributed by atoms with Gasteiger partial charge in [0.1, 0.15) is 11.3 Å². The Morgan fingerprint density at radius 3 is 2.63 bits per heavy atom. The van der Waals surface area contributed by atoms with Crippen molar-refractivity contribution in [3.63, 3.8) is 0 Å². The van der Waals surface area contributed by atoms with E-state index in [1.54, 1.807) is 38.5 Å². The molecule has 0 radical (unpaired) electrons. The zero-order valence-corrected chi connectivity index (χ0v) is 21.0. The van der Waals surface area contributed by atoms with E-state index in [0.29, 0.717) is 47.6 Å². The molecule has 0 N–H and O–H groups in total. The van der Waals surface area contributed by atoms with Gasteiger partial charge in [0.15, 0.2) is 22.4 Å². The Morgan fingerprint density at radius 1 is 1.17 bits per heavy atom. The first kappa shape index (κ1) is 26.8. The molecule has 3 aromatic rings. The Hall–Kier alpha value is -2.79. The summed E-state index contributed by atoms with van der Waals surface area (Å²) in [5, 5.41) is 0.315. The molecular formula is C24H26ClF2N3O4S. The highest BCUT2D eigenvalue weighted by molar-refractivity contribution is 7.22. The lowest BCUT2D eigenvalue weighted by atomic mass is 10.2. The zero-order chi connectivity index (χ0) is 24.1. The van der Waals surface area contributed by atoms with Gasteiger partial charge in [-0.05, 0) is 29.8 Å². The molecule has 2 aromatic carbocycles. The number of halogens is 3. The Kier molecular flexibility index (Phi) is 9.39. The normalized spacial score (nSPS) is 14.2. The van der Waals surface area contributed by atoms with Gasteiger partial charge in [0.25, 0.3) is 5.91 Å². The van der Waals surface area contributed by atoms with Crippen LogP contribution in [0.4, 0.5) is 13.9 Å². The van der Waals surface area contributed by atoms with Crippen molar-refractivity contribution in [3.8, 4) is 11.5 Å². The summed E-state index contributed by atoms with van der Waals surface area (Å²) in [6, 6.07) is 7.34. The third kappa shape index (κ3) is 6.46. The molecule has 188 valence electrons. The van der Waals surface area contributed by atoms with Gasteiger partial charge in [-0.15, -0.1) is 12.4 Å². The molecule has 35 heavy (non-hydrogen) atoms. The van der Waals surface area contributed by atoms with E-state index in [4.69, 9.17) is 14.2 Å². The van der Waals surface area contributed by atoms with Crippen molar-refractivity contribution < 1.29 is 27.8 Å². The van der Waals surface area contributed by atoms with Gasteiger partial charge < -0.3 is 14.2 Å². The first-order valence-corrected chi connectivity index (χ1v) is 11.6. The van der Waals surface area contributed by atoms with Crippen LogP contribution in [0.25, 0.3) is 16.3 Å². The van der Waals surface area contributed by atoms with Gasteiger partial charge in [0.2, 0.25) is 0 Å². The summed E-state index contributed by atoms with van der Waals surface area (Å²) in [7, 11) is 3.09. The maximum Gasteiger partial charge on any atom is 0.252 e. The number of carbonyl (C=O) groups is 1. The topological polar surface area (TPSA) is 64.1 Å². The molecule has 4 rings (SSSR count). The van der Waals surface area contributed by atoms with Crippen LogP contribution < -0.4 is 14.4 Å². The van der Waals surface area contributed by atoms with Crippen LogP contribution in [-0.2, 0) is 9.53 Å². The Labute approximate surface area is 212 Å². The van der Waals surface area contributed by atoms with Crippen molar-refractivity contribution in [1.29, 1.82) is 0 Å². The second kappa shape index (κ2) is 12.3. The summed E-state index contributed by atoms with van der Waals surface area (Å²) in [6.07, 6.45) is 3.10. The van der Waals surface area contributed by atoms with Crippen molar-refractivity contribution in [2.24, 2.45) is 0 Å². The quantitative estimate of drug-likeness (QED) is 0.406. The molecule has 1 aliphatic heterocycles. The summed E-state index contributed by atoms with van der Waals surface area (Å²) < 4.78 is 44.2. The third-order valence-electron chi connectivity index (χ3n) is 5.47. The van der Waals surface area contributed by atoms with Crippen molar-refractivity contribution in [3.05, 3.63) is 53.6 Å². The highest BCUT2D eigenvalue weighted by atomic mass is 35.5. The van der Waals surface area contributed by atoms with Crippen LogP contribution in [0, 0.1) is 11.6 Å². The summed E-state index contributed by atoms with van der Waals surface area (Å²) >= 11 is 1.08. The smallest absolute Gasteiger partial charge is 0.252 e. The Balaban J connectivity index is 0.00000342. The Morgan fingerprint density at radius 2 is 1.91 bits per heavy atom. The Bertz CT molecular complexity index is 1200. The second-order valence-corrected chi connectivity index (χ2v) is 8.63. The minimum absolute atomic E-state index is 0. The SMILES string of the molecule is COc1ccc(/C=C/C(=O)N(CCN2CCOCC2)c2nc3c(F)cc(F)cc3s2)cc1OC.Cl. The third-order valence-corrected chi connectivity index (χ3v) is 6.49. The number of rotatable bonds is 8. The number of aromatic nitrogens is 1. The number of hydrogen-bond acceptors (Lipinski definition) is 7. The molecule has 1 amide bonds. The number of carbonyl (C=O) groups excluding carboxylic acids is 1. The number of hydrogen-bond donors (Lipinski definition) is 0. The molecule has 7 nitrogen and oxygen atoms in total. The molecule has 0 saturated carbocycles. The van der Waals surface area contributed by atoms with Gasteiger partial charge in [-0.1, -0.05) is 17.4 Å². The molecule has 1 aromatic heterocycles. The van der Waals surface area contributed by atoms with Crippen LogP contribution >= 0.6 is 23.7 Å². The van der Waals surface area contributed by atoms with E-state index in [1.165, 1.54) is 17.0 Å². The molecule has 0 bridgehead atoms. The minimum atomic E-state index is -0.751. The molecular weight excluding hydrogens is 500 g/mol. The number of thiazole rings is 1. The van der Waals surface area contributed by atoms with E-state index < -0.39 is 11.6 Å².